The van der Waals surface area contributed by atoms with Crippen molar-refractivity contribution in [2.24, 2.45) is 5.92 Å². The van der Waals surface area contributed by atoms with Gasteiger partial charge in [0.25, 0.3) is 0 Å². The fourth-order valence-electron chi connectivity index (χ4n) is 6.49. The Morgan fingerprint density at radius 1 is 1.11 bits per heavy atom. The number of aliphatic hydroxyl groups is 4. The Balaban J connectivity index is 1.35. The van der Waals surface area contributed by atoms with Gasteiger partial charge in [-0.3, -0.25) is 0 Å². The molecule has 0 radical (unpaired) electrons. The molecule has 4 aliphatic rings. The molecule has 5 N–H and O–H groups in total. The number of hydrogen-bond acceptors (Lipinski definition) is 9. The molecule has 9 heteroatoms. The maximum absolute atomic E-state index is 11.8. The number of aliphatic hydroxyl groups excluding tert-OH is 2. The lowest BCUT2D eigenvalue weighted by Gasteiger charge is -2.60. The molecule has 3 aliphatic heterocycles. The van der Waals surface area contributed by atoms with Gasteiger partial charge >= 0.3 is 0 Å². The third kappa shape index (κ3) is 4.20. The van der Waals surface area contributed by atoms with Crippen LogP contribution in [0.2, 0.25) is 0 Å². The van der Waals surface area contributed by atoms with Crippen molar-refractivity contribution in [3.8, 4) is 5.75 Å². The molecule has 35 heavy (non-hydrogen) atoms. The summed E-state index contributed by atoms with van der Waals surface area (Å²) >= 11 is 0. The number of rotatable bonds is 6. The first-order valence-electron chi connectivity index (χ1n) is 12.9. The third-order valence-electron chi connectivity index (χ3n) is 8.44. The molecule has 1 aromatic carbocycles. The van der Waals surface area contributed by atoms with Crippen LogP contribution in [0.5, 0.6) is 5.75 Å². The molecule has 9 nitrogen and oxygen atoms in total. The van der Waals surface area contributed by atoms with Gasteiger partial charge in [-0.15, -0.1) is 0 Å². The maximum atomic E-state index is 11.8. The number of aryl methyl sites for hydroxylation is 1. The van der Waals surface area contributed by atoms with Crippen LogP contribution >= 0.6 is 0 Å². The smallest absolute Gasteiger partial charge is 0.248 e. The molecule has 2 saturated heterocycles. The lowest BCUT2D eigenvalue weighted by atomic mass is 9.73. The SMILES string of the molecule is CC[C@@H]1[C@H](O)[C@H](NC)C2O[C@]3(O)C(OC2[C@H]1O)O[C@H](C)C[C@@]3(O)CCCc1ccc2c(c1)OCC2. The molecule has 3 heterocycles. The summed E-state index contributed by atoms with van der Waals surface area (Å²) in [5, 5.41) is 48.5. The molecule has 196 valence electrons. The number of nitrogens with one attached hydrogen (secondary N) is 1. The van der Waals surface area contributed by atoms with Crippen LogP contribution in [0.15, 0.2) is 18.2 Å². The van der Waals surface area contributed by atoms with Gasteiger partial charge in [-0.2, -0.15) is 0 Å². The summed E-state index contributed by atoms with van der Waals surface area (Å²) in [5.74, 6) is -1.64. The van der Waals surface area contributed by atoms with Gasteiger partial charge < -0.3 is 44.7 Å². The molecular weight excluding hydrogens is 454 g/mol. The van der Waals surface area contributed by atoms with E-state index >= 15 is 0 Å². The van der Waals surface area contributed by atoms with Crippen molar-refractivity contribution in [3.05, 3.63) is 29.3 Å². The second kappa shape index (κ2) is 9.54. The number of likely N-dealkylation sites (N-methyl/N-ethyl adjacent to an activating group) is 1. The highest BCUT2D eigenvalue weighted by Gasteiger charge is 2.68. The normalized spacial score (nSPS) is 44.8. The molecule has 0 bridgehead atoms. The molecular formula is C26H39NO8. The van der Waals surface area contributed by atoms with E-state index in [4.69, 9.17) is 18.9 Å². The van der Waals surface area contributed by atoms with Crippen LogP contribution in [-0.4, -0.2) is 88.3 Å². The molecule has 0 aromatic heterocycles. The van der Waals surface area contributed by atoms with Crippen LogP contribution in [-0.2, 0) is 27.1 Å². The maximum Gasteiger partial charge on any atom is 0.248 e. The Bertz CT molecular complexity index is 915. The second-order valence-corrected chi connectivity index (χ2v) is 10.7. The number of ether oxygens (including phenoxy) is 4. The van der Waals surface area contributed by atoms with Crippen molar-refractivity contribution in [1.82, 2.24) is 5.32 Å². The average Bonchev–Trinajstić information content (AvgIpc) is 3.28. The van der Waals surface area contributed by atoms with Crippen LogP contribution < -0.4 is 10.1 Å². The third-order valence-corrected chi connectivity index (χ3v) is 8.44. The summed E-state index contributed by atoms with van der Waals surface area (Å²) in [5.41, 5.74) is 0.688. The van der Waals surface area contributed by atoms with Gasteiger partial charge in [0.05, 0.1) is 31.0 Å². The molecule has 0 spiro atoms. The van der Waals surface area contributed by atoms with Gasteiger partial charge in [0.1, 0.15) is 23.6 Å². The van der Waals surface area contributed by atoms with E-state index in [1.165, 1.54) is 5.56 Å². The Labute approximate surface area is 206 Å². The minimum Gasteiger partial charge on any atom is -0.493 e. The van der Waals surface area contributed by atoms with Crippen LogP contribution in [0.4, 0.5) is 0 Å². The largest absolute Gasteiger partial charge is 0.493 e. The highest BCUT2D eigenvalue weighted by Crippen LogP contribution is 2.49. The van der Waals surface area contributed by atoms with E-state index in [0.29, 0.717) is 25.9 Å². The van der Waals surface area contributed by atoms with Crippen LogP contribution in [0.1, 0.15) is 50.7 Å². The highest BCUT2D eigenvalue weighted by atomic mass is 16.8. The van der Waals surface area contributed by atoms with E-state index in [2.05, 4.69) is 17.4 Å². The van der Waals surface area contributed by atoms with Crippen molar-refractivity contribution in [2.45, 2.75) is 107 Å². The second-order valence-electron chi connectivity index (χ2n) is 10.7. The first-order valence-corrected chi connectivity index (χ1v) is 12.9. The molecule has 1 aromatic rings. The van der Waals surface area contributed by atoms with E-state index < -0.39 is 54.1 Å². The summed E-state index contributed by atoms with van der Waals surface area (Å²) in [6.45, 7) is 4.43. The van der Waals surface area contributed by atoms with Crippen LogP contribution in [0.3, 0.4) is 0 Å². The standard InChI is InChI=1S/C26H39NO8/c1-4-17-20(28)19(27-3)22-23(21(17)29)34-24-26(31,35-22)25(30,13-14(2)33-24)10-5-6-15-7-8-16-9-11-32-18(16)12-15/h7-8,12,14,17,19-24,27-31H,4-6,9-11,13H2,1-3H3/t14-,17-,19+,20+,21+,22?,23?,24?,25+,26-/m1/s1. The molecule has 10 atom stereocenters. The van der Waals surface area contributed by atoms with Crippen molar-refractivity contribution in [2.75, 3.05) is 13.7 Å². The van der Waals surface area contributed by atoms with Gasteiger partial charge in [0.15, 0.2) is 0 Å². The molecule has 5 rings (SSSR count). The van der Waals surface area contributed by atoms with Gasteiger partial charge in [-0.25, -0.2) is 0 Å². The van der Waals surface area contributed by atoms with Crippen molar-refractivity contribution >= 4 is 0 Å². The Kier molecular flexibility index (Phi) is 6.91. The Hall–Kier alpha value is -1.30. The van der Waals surface area contributed by atoms with E-state index in [1.54, 1.807) is 7.05 Å². The zero-order chi connectivity index (χ0) is 25.0. The molecule has 3 fully saturated rings. The average molecular weight is 494 g/mol. The minimum absolute atomic E-state index is 0.168. The summed E-state index contributed by atoms with van der Waals surface area (Å²) in [4.78, 5) is 0. The molecule has 1 saturated carbocycles. The van der Waals surface area contributed by atoms with Gasteiger partial charge in [0.2, 0.25) is 12.1 Å². The summed E-state index contributed by atoms with van der Waals surface area (Å²) in [7, 11) is 1.70. The van der Waals surface area contributed by atoms with E-state index in [9.17, 15) is 20.4 Å². The van der Waals surface area contributed by atoms with E-state index in [-0.39, 0.29) is 18.9 Å². The number of hydrogen-bond donors (Lipinski definition) is 5. The predicted molar refractivity (Wildman–Crippen MR) is 126 cm³/mol. The summed E-state index contributed by atoms with van der Waals surface area (Å²) in [6, 6.07) is 5.63. The monoisotopic (exact) mass is 493 g/mol. The lowest BCUT2D eigenvalue weighted by molar-refractivity contribution is -0.485. The lowest BCUT2D eigenvalue weighted by Crippen LogP contribution is -2.78. The van der Waals surface area contributed by atoms with Crippen LogP contribution in [0, 0.1) is 5.92 Å². The Morgan fingerprint density at radius 2 is 1.91 bits per heavy atom. The fraction of sp³-hybridized carbons (Fsp3) is 0.769. The zero-order valence-electron chi connectivity index (χ0n) is 20.7. The van der Waals surface area contributed by atoms with Gasteiger partial charge in [-0.1, -0.05) is 19.1 Å². The Morgan fingerprint density at radius 3 is 2.66 bits per heavy atom. The first kappa shape index (κ1) is 25.4. The van der Waals surface area contributed by atoms with Crippen molar-refractivity contribution < 1.29 is 39.4 Å². The van der Waals surface area contributed by atoms with Gasteiger partial charge in [0, 0.05) is 18.8 Å². The van der Waals surface area contributed by atoms with E-state index in [1.807, 2.05) is 19.9 Å². The van der Waals surface area contributed by atoms with Gasteiger partial charge in [-0.05, 0) is 56.8 Å². The van der Waals surface area contributed by atoms with Crippen molar-refractivity contribution in [3.63, 3.8) is 0 Å². The summed E-state index contributed by atoms with van der Waals surface area (Å²) < 4.78 is 23.9. The van der Waals surface area contributed by atoms with Crippen molar-refractivity contribution in [1.29, 1.82) is 0 Å². The quantitative estimate of drug-likeness (QED) is 0.387. The number of fused-ring (bicyclic) bond motifs is 3. The summed E-state index contributed by atoms with van der Waals surface area (Å²) in [6.07, 6.45) is -2.00. The highest BCUT2D eigenvalue weighted by molar-refractivity contribution is 5.40. The fourth-order valence-corrected chi connectivity index (χ4v) is 6.49. The number of benzene rings is 1. The minimum atomic E-state index is -2.14. The molecule has 3 unspecified atom stereocenters. The first-order chi connectivity index (χ1) is 16.7. The zero-order valence-corrected chi connectivity index (χ0v) is 20.7. The predicted octanol–water partition coefficient (Wildman–Crippen LogP) is 0.632. The molecule has 1 aliphatic carbocycles. The van der Waals surface area contributed by atoms with Crippen LogP contribution in [0.25, 0.3) is 0 Å². The topological polar surface area (TPSA) is 130 Å². The van der Waals surface area contributed by atoms with E-state index in [0.717, 1.165) is 17.7 Å². The molecule has 0 amide bonds.